The summed E-state index contributed by atoms with van der Waals surface area (Å²) >= 11 is 0. The average Bonchev–Trinajstić information content (AvgIpc) is 2.86. The van der Waals surface area contributed by atoms with Gasteiger partial charge in [-0.3, -0.25) is 0 Å². The molecule has 2 fully saturated rings. The van der Waals surface area contributed by atoms with Gasteiger partial charge in [0.2, 0.25) is 0 Å². The van der Waals surface area contributed by atoms with Gasteiger partial charge in [-0.25, -0.2) is 8.78 Å². The van der Waals surface area contributed by atoms with E-state index in [-0.39, 0.29) is 17.2 Å². The molecule has 2 aromatic carbocycles. The van der Waals surface area contributed by atoms with Crippen LogP contribution in [0.3, 0.4) is 0 Å². The normalized spacial score (nSPS) is 26.4. The molecule has 0 bridgehead atoms. The van der Waals surface area contributed by atoms with E-state index in [0.29, 0.717) is 12.3 Å². The summed E-state index contributed by atoms with van der Waals surface area (Å²) in [5, 5.41) is 0. The molecule has 0 spiro atoms. The van der Waals surface area contributed by atoms with E-state index < -0.39 is 0 Å². The van der Waals surface area contributed by atoms with Crippen LogP contribution in [-0.4, -0.2) is 0 Å². The lowest BCUT2D eigenvalue weighted by atomic mass is 9.67. The minimum atomic E-state index is -0.352. The van der Waals surface area contributed by atoms with Crippen molar-refractivity contribution in [1.29, 1.82) is 0 Å². The van der Waals surface area contributed by atoms with Crippen molar-refractivity contribution < 1.29 is 8.78 Å². The second-order valence-electron chi connectivity index (χ2n) is 11.4. The van der Waals surface area contributed by atoms with Crippen molar-refractivity contribution in [2.75, 3.05) is 0 Å². The lowest BCUT2D eigenvalue weighted by molar-refractivity contribution is 0.139. The molecule has 34 heavy (non-hydrogen) atoms. The van der Waals surface area contributed by atoms with Crippen LogP contribution in [0.2, 0.25) is 0 Å². The van der Waals surface area contributed by atoms with Gasteiger partial charge >= 0.3 is 0 Å². The second-order valence-corrected chi connectivity index (χ2v) is 11.4. The Labute approximate surface area is 206 Å². The van der Waals surface area contributed by atoms with Crippen molar-refractivity contribution in [2.45, 2.75) is 103 Å². The third kappa shape index (κ3) is 6.70. The van der Waals surface area contributed by atoms with Crippen molar-refractivity contribution in [3.05, 3.63) is 70.8 Å². The van der Waals surface area contributed by atoms with Crippen LogP contribution in [-0.2, 0) is 12.8 Å². The van der Waals surface area contributed by atoms with Crippen LogP contribution in [0.1, 0.15) is 107 Å². The lowest BCUT2D eigenvalue weighted by Crippen LogP contribution is -2.26. The first-order chi connectivity index (χ1) is 16.5. The van der Waals surface area contributed by atoms with E-state index in [9.17, 15) is 8.78 Å². The highest BCUT2D eigenvalue weighted by Crippen LogP contribution is 2.44. The quantitative estimate of drug-likeness (QED) is 0.345. The number of halogens is 2. The average molecular weight is 467 g/mol. The fourth-order valence-electron chi connectivity index (χ4n) is 6.92. The van der Waals surface area contributed by atoms with Crippen LogP contribution in [0.4, 0.5) is 8.78 Å². The van der Waals surface area contributed by atoms with Crippen LogP contribution in [0.15, 0.2) is 42.5 Å². The van der Waals surface area contributed by atoms with Crippen LogP contribution >= 0.6 is 0 Å². The molecule has 2 saturated carbocycles. The van der Waals surface area contributed by atoms with Crippen molar-refractivity contribution in [3.8, 4) is 0 Å². The number of hydrogen-bond donors (Lipinski definition) is 0. The molecular weight excluding hydrogens is 422 g/mol. The minimum Gasteiger partial charge on any atom is -0.207 e. The molecule has 0 N–H and O–H groups in total. The molecular formula is C32H44F2. The number of rotatable bonds is 9. The monoisotopic (exact) mass is 466 g/mol. The Balaban J connectivity index is 1.17. The van der Waals surface area contributed by atoms with Crippen LogP contribution in [0.25, 0.3) is 0 Å². The van der Waals surface area contributed by atoms with Crippen molar-refractivity contribution in [1.82, 2.24) is 0 Å². The van der Waals surface area contributed by atoms with E-state index in [1.54, 1.807) is 12.1 Å². The minimum absolute atomic E-state index is 0.260. The summed E-state index contributed by atoms with van der Waals surface area (Å²) in [6.45, 7) is 4.35. The van der Waals surface area contributed by atoms with Gasteiger partial charge in [-0.2, -0.15) is 0 Å². The largest absolute Gasteiger partial charge is 0.207 e. The Kier molecular flexibility index (Phi) is 9.20. The Hall–Kier alpha value is -1.70. The third-order valence-electron chi connectivity index (χ3n) is 9.05. The van der Waals surface area contributed by atoms with Crippen LogP contribution in [0.5, 0.6) is 0 Å². The molecule has 0 aromatic heterocycles. The summed E-state index contributed by atoms with van der Waals surface area (Å²) < 4.78 is 28.5. The molecule has 0 nitrogen and oxygen atoms in total. The third-order valence-corrected chi connectivity index (χ3v) is 9.05. The van der Waals surface area contributed by atoms with Crippen LogP contribution < -0.4 is 0 Å². The maximum Gasteiger partial charge on any atom is 0.129 e. The van der Waals surface area contributed by atoms with Gasteiger partial charge in [-0.05, 0) is 104 Å². The van der Waals surface area contributed by atoms with Gasteiger partial charge in [-0.15, -0.1) is 0 Å². The van der Waals surface area contributed by atoms with E-state index in [2.05, 4.69) is 37.3 Å². The molecule has 2 aliphatic carbocycles. The van der Waals surface area contributed by atoms with Crippen molar-refractivity contribution >= 4 is 0 Å². The first-order valence-electron chi connectivity index (χ1n) is 14.0. The molecule has 1 unspecified atom stereocenters. The molecule has 0 aliphatic heterocycles. The highest BCUT2D eigenvalue weighted by Gasteiger charge is 2.31. The van der Waals surface area contributed by atoms with E-state index >= 15 is 0 Å². The molecule has 186 valence electrons. The van der Waals surface area contributed by atoms with Gasteiger partial charge in [0, 0.05) is 5.56 Å². The molecule has 2 aromatic rings. The van der Waals surface area contributed by atoms with Gasteiger partial charge in [0.1, 0.15) is 11.6 Å². The fraction of sp³-hybridized carbons (Fsp3) is 0.625. The summed E-state index contributed by atoms with van der Waals surface area (Å²) in [7, 11) is 0. The van der Waals surface area contributed by atoms with E-state index in [1.807, 2.05) is 6.92 Å². The smallest absolute Gasteiger partial charge is 0.129 e. The summed E-state index contributed by atoms with van der Waals surface area (Å²) in [6, 6.07) is 14.2. The van der Waals surface area contributed by atoms with E-state index in [1.165, 1.54) is 63.4 Å². The van der Waals surface area contributed by atoms with Gasteiger partial charge in [0.05, 0.1) is 0 Å². The maximum atomic E-state index is 14.3. The van der Waals surface area contributed by atoms with Crippen molar-refractivity contribution in [2.24, 2.45) is 23.7 Å². The molecule has 0 amide bonds. The molecule has 0 saturated heterocycles. The zero-order chi connectivity index (χ0) is 23.9. The zero-order valence-corrected chi connectivity index (χ0v) is 21.4. The zero-order valence-electron chi connectivity index (χ0n) is 21.4. The predicted molar refractivity (Wildman–Crippen MR) is 139 cm³/mol. The van der Waals surface area contributed by atoms with E-state index in [4.69, 9.17) is 0 Å². The summed E-state index contributed by atoms with van der Waals surface area (Å²) in [4.78, 5) is 0. The molecule has 0 heterocycles. The van der Waals surface area contributed by atoms with Crippen molar-refractivity contribution in [3.63, 3.8) is 0 Å². The first kappa shape index (κ1) is 25.4. The summed E-state index contributed by atoms with van der Waals surface area (Å²) in [5.74, 6) is 3.42. The Morgan fingerprint density at radius 2 is 1.32 bits per heavy atom. The highest BCUT2D eigenvalue weighted by molar-refractivity contribution is 5.26. The predicted octanol–water partition coefficient (Wildman–Crippen LogP) is 9.66. The molecule has 4 rings (SSSR count). The van der Waals surface area contributed by atoms with Crippen LogP contribution in [0, 0.1) is 35.3 Å². The summed E-state index contributed by atoms with van der Waals surface area (Å²) in [6.07, 6.45) is 15.4. The van der Waals surface area contributed by atoms with Gasteiger partial charge in [0.25, 0.3) is 0 Å². The number of hydrogen-bond acceptors (Lipinski definition) is 0. The summed E-state index contributed by atoms with van der Waals surface area (Å²) in [5.41, 5.74) is 2.58. The Bertz CT molecular complexity index is 850. The lowest BCUT2D eigenvalue weighted by Gasteiger charge is -2.38. The van der Waals surface area contributed by atoms with Gasteiger partial charge in [0.15, 0.2) is 0 Å². The Morgan fingerprint density at radius 3 is 1.88 bits per heavy atom. The molecule has 2 heteroatoms. The standard InChI is InChI=1S/C32H44F2/c1-3-7-30-31(33)21-26(22-32(30)34)11-10-24-12-16-28(17-13-24)29-18-14-25(15-19-29)20-23(2)27-8-5-4-6-9-27/h4-6,8-9,21-25,28-29H,3,7,10-20H2,1-2H3. The van der Waals surface area contributed by atoms with Gasteiger partial charge < -0.3 is 0 Å². The van der Waals surface area contributed by atoms with E-state index in [0.717, 1.165) is 48.5 Å². The first-order valence-corrected chi connectivity index (χ1v) is 14.0. The SMILES string of the molecule is CCCc1c(F)cc(CCC2CCC(C3CCC(CC(C)c4ccccc4)CC3)CC2)cc1F. The highest BCUT2D eigenvalue weighted by atomic mass is 19.1. The molecule has 0 radical (unpaired) electrons. The maximum absolute atomic E-state index is 14.3. The fourth-order valence-corrected chi connectivity index (χ4v) is 6.92. The topological polar surface area (TPSA) is 0 Å². The number of benzene rings is 2. The second kappa shape index (κ2) is 12.3. The number of aryl methyl sites for hydroxylation is 1. The molecule has 2 aliphatic rings. The Morgan fingerprint density at radius 1 is 0.765 bits per heavy atom. The molecule has 1 atom stereocenters. The van der Waals surface area contributed by atoms with Gasteiger partial charge in [-0.1, -0.05) is 76.3 Å².